The third-order valence-electron chi connectivity index (χ3n) is 3.52. The van der Waals surface area contributed by atoms with Crippen molar-refractivity contribution in [2.45, 2.75) is 6.10 Å². The molecule has 1 N–H and O–H groups in total. The van der Waals surface area contributed by atoms with Gasteiger partial charge in [0.05, 0.1) is 11.9 Å². The highest BCUT2D eigenvalue weighted by molar-refractivity contribution is 6.02. The minimum atomic E-state index is -0.358. The second-order valence-corrected chi connectivity index (χ2v) is 5.09. The summed E-state index contributed by atoms with van der Waals surface area (Å²) in [4.78, 5) is 16.3. The van der Waals surface area contributed by atoms with Gasteiger partial charge in [0.25, 0.3) is 5.91 Å². The molecule has 1 aliphatic rings. The lowest BCUT2D eigenvalue weighted by Crippen LogP contribution is -2.40. The summed E-state index contributed by atoms with van der Waals surface area (Å²) in [5, 5.41) is 7.11. The second-order valence-electron chi connectivity index (χ2n) is 5.09. The molecule has 0 saturated heterocycles. The number of hydrogen-bond donors (Lipinski definition) is 1. The fraction of sp³-hybridized carbons (Fsp3) is 0.188. The first-order chi connectivity index (χ1) is 11.3. The number of carbonyl (C=O) groups excluding carboxylic acids is 1. The third kappa shape index (κ3) is 2.57. The SMILES string of the molecule is O=C(NCC1COc2ccccc2O1)c1onc2ncccc12. The number of aromatic nitrogens is 2. The van der Waals surface area contributed by atoms with Gasteiger partial charge in [0.1, 0.15) is 12.7 Å². The molecular formula is C16H13N3O4. The van der Waals surface area contributed by atoms with Crippen molar-refractivity contribution in [2.75, 3.05) is 13.2 Å². The molecule has 23 heavy (non-hydrogen) atoms. The molecule has 1 aromatic carbocycles. The molecule has 1 atom stereocenters. The van der Waals surface area contributed by atoms with E-state index in [1.807, 2.05) is 24.3 Å². The highest BCUT2D eigenvalue weighted by Crippen LogP contribution is 2.30. The van der Waals surface area contributed by atoms with E-state index in [4.69, 9.17) is 14.0 Å². The smallest absolute Gasteiger partial charge is 0.290 e. The zero-order chi connectivity index (χ0) is 15.6. The fourth-order valence-corrected chi connectivity index (χ4v) is 2.40. The van der Waals surface area contributed by atoms with Gasteiger partial charge in [-0.2, -0.15) is 0 Å². The van der Waals surface area contributed by atoms with Gasteiger partial charge in [0.15, 0.2) is 11.5 Å². The number of carbonyl (C=O) groups is 1. The Morgan fingerprint density at radius 2 is 2.09 bits per heavy atom. The summed E-state index contributed by atoms with van der Waals surface area (Å²) >= 11 is 0. The number of para-hydroxylation sites is 2. The summed E-state index contributed by atoms with van der Waals surface area (Å²) in [6.45, 7) is 0.672. The van der Waals surface area contributed by atoms with Crippen LogP contribution in [0.2, 0.25) is 0 Å². The first-order valence-corrected chi connectivity index (χ1v) is 7.18. The summed E-state index contributed by atoms with van der Waals surface area (Å²) < 4.78 is 16.5. The second kappa shape index (κ2) is 5.60. The molecule has 7 heteroatoms. The first kappa shape index (κ1) is 13.6. The Morgan fingerprint density at radius 3 is 3.00 bits per heavy atom. The molecule has 0 bridgehead atoms. The lowest BCUT2D eigenvalue weighted by atomic mass is 10.2. The average molecular weight is 311 g/mol. The maximum Gasteiger partial charge on any atom is 0.290 e. The monoisotopic (exact) mass is 311 g/mol. The van der Waals surface area contributed by atoms with E-state index in [1.165, 1.54) is 0 Å². The molecule has 1 unspecified atom stereocenters. The van der Waals surface area contributed by atoms with Crippen LogP contribution in [0.1, 0.15) is 10.6 Å². The van der Waals surface area contributed by atoms with Gasteiger partial charge in [-0.3, -0.25) is 4.79 Å². The predicted molar refractivity (Wildman–Crippen MR) is 80.5 cm³/mol. The molecule has 3 heterocycles. The van der Waals surface area contributed by atoms with Crippen molar-refractivity contribution in [1.82, 2.24) is 15.5 Å². The minimum Gasteiger partial charge on any atom is -0.486 e. The van der Waals surface area contributed by atoms with Crippen molar-refractivity contribution in [3.8, 4) is 11.5 Å². The summed E-state index contributed by atoms with van der Waals surface area (Å²) in [5.41, 5.74) is 0.406. The van der Waals surface area contributed by atoms with Gasteiger partial charge in [-0.15, -0.1) is 0 Å². The van der Waals surface area contributed by atoms with E-state index >= 15 is 0 Å². The Morgan fingerprint density at radius 1 is 1.22 bits per heavy atom. The van der Waals surface area contributed by atoms with Gasteiger partial charge in [0, 0.05) is 6.20 Å². The van der Waals surface area contributed by atoms with Gasteiger partial charge in [-0.05, 0) is 24.3 Å². The van der Waals surface area contributed by atoms with Gasteiger partial charge in [0.2, 0.25) is 11.4 Å². The number of rotatable bonds is 3. The Hall–Kier alpha value is -3.09. The van der Waals surface area contributed by atoms with Crippen LogP contribution >= 0.6 is 0 Å². The number of amides is 1. The van der Waals surface area contributed by atoms with Gasteiger partial charge < -0.3 is 19.3 Å². The van der Waals surface area contributed by atoms with Gasteiger partial charge >= 0.3 is 0 Å². The van der Waals surface area contributed by atoms with Crippen molar-refractivity contribution < 1.29 is 18.8 Å². The number of nitrogens with zero attached hydrogens (tertiary/aromatic N) is 2. The topological polar surface area (TPSA) is 86.5 Å². The molecular weight excluding hydrogens is 298 g/mol. The van der Waals surface area contributed by atoms with Crippen LogP contribution < -0.4 is 14.8 Å². The Balaban J connectivity index is 1.43. The molecule has 7 nitrogen and oxygen atoms in total. The zero-order valence-electron chi connectivity index (χ0n) is 12.1. The number of nitrogens with one attached hydrogen (secondary N) is 1. The van der Waals surface area contributed by atoms with Crippen LogP contribution in [-0.2, 0) is 0 Å². The lowest BCUT2D eigenvalue weighted by Gasteiger charge is -2.26. The zero-order valence-corrected chi connectivity index (χ0v) is 12.1. The molecule has 4 rings (SSSR count). The molecule has 2 aromatic heterocycles. The number of benzene rings is 1. The van der Waals surface area contributed by atoms with E-state index in [0.29, 0.717) is 35.7 Å². The van der Waals surface area contributed by atoms with E-state index in [2.05, 4.69) is 15.5 Å². The standard InChI is InChI=1S/C16H13N3O4/c20-16(14-11-4-3-7-17-15(11)19-23-14)18-8-10-9-21-12-5-1-2-6-13(12)22-10/h1-7,10H,8-9H2,(H,18,20). The van der Waals surface area contributed by atoms with E-state index in [0.717, 1.165) is 0 Å². The van der Waals surface area contributed by atoms with Crippen molar-refractivity contribution in [1.29, 1.82) is 0 Å². The number of fused-ring (bicyclic) bond motifs is 2. The predicted octanol–water partition coefficient (Wildman–Crippen LogP) is 1.79. The summed E-state index contributed by atoms with van der Waals surface area (Å²) in [5.74, 6) is 1.17. The van der Waals surface area contributed by atoms with Crippen LogP contribution in [0.15, 0.2) is 47.1 Å². The molecule has 0 saturated carbocycles. The van der Waals surface area contributed by atoms with Gasteiger partial charge in [-0.1, -0.05) is 17.3 Å². The van der Waals surface area contributed by atoms with Crippen LogP contribution in [0.25, 0.3) is 11.0 Å². The minimum absolute atomic E-state index is 0.144. The van der Waals surface area contributed by atoms with Crippen molar-refractivity contribution >= 4 is 16.9 Å². The number of pyridine rings is 1. The molecule has 116 valence electrons. The van der Waals surface area contributed by atoms with E-state index in [-0.39, 0.29) is 17.8 Å². The third-order valence-corrected chi connectivity index (χ3v) is 3.52. The van der Waals surface area contributed by atoms with Crippen LogP contribution in [0.5, 0.6) is 11.5 Å². The maximum atomic E-state index is 12.2. The molecule has 0 aliphatic carbocycles. The lowest BCUT2D eigenvalue weighted by molar-refractivity contribution is 0.0769. The van der Waals surface area contributed by atoms with E-state index < -0.39 is 0 Å². The number of hydrogen-bond acceptors (Lipinski definition) is 6. The summed E-state index contributed by atoms with van der Waals surface area (Å²) in [6, 6.07) is 10.9. The highest BCUT2D eigenvalue weighted by atomic mass is 16.6. The molecule has 0 radical (unpaired) electrons. The normalized spacial score (nSPS) is 16.3. The van der Waals surface area contributed by atoms with Crippen molar-refractivity contribution in [3.05, 3.63) is 48.4 Å². The van der Waals surface area contributed by atoms with Crippen LogP contribution in [-0.4, -0.2) is 35.3 Å². The highest BCUT2D eigenvalue weighted by Gasteiger charge is 2.23. The van der Waals surface area contributed by atoms with Crippen LogP contribution in [0.4, 0.5) is 0 Å². The largest absolute Gasteiger partial charge is 0.486 e. The van der Waals surface area contributed by atoms with Crippen molar-refractivity contribution in [2.24, 2.45) is 0 Å². The molecule has 0 fully saturated rings. The Labute approximate surface area is 131 Å². The maximum absolute atomic E-state index is 12.2. The van der Waals surface area contributed by atoms with E-state index in [1.54, 1.807) is 18.3 Å². The molecule has 1 amide bonds. The summed E-state index contributed by atoms with van der Waals surface area (Å²) in [7, 11) is 0. The quantitative estimate of drug-likeness (QED) is 0.793. The Bertz CT molecular complexity index is 861. The van der Waals surface area contributed by atoms with E-state index in [9.17, 15) is 4.79 Å². The van der Waals surface area contributed by atoms with Crippen LogP contribution in [0.3, 0.4) is 0 Å². The van der Waals surface area contributed by atoms with Gasteiger partial charge in [-0.25, -0.2) is 4.98 Å². The molecule has 0 spiro atoms. The summed E-state index contributed by atoms with van der Waals surface area (Å²) in [6.07, 6.45) is 1.33. The average Bonchev–Trinajstić information content (AvgIpc) is 3.03. The molecule has 1 aliphatic heterocycles. The number of ether oxygens (including phenoxy) is 2. The fourth-order valence-electron chi connectivity index (χ4n) is 2.40. The molecule has 3 aromatic rings. The van der Waals surface area contributed by atoms with Crippen molar-refractivity contribution in [3.63, 3.8) is 0 Å². The van der Waals surface area contributed by atoms with Crippen LogP contribution in [0, 0.1) is 0 Å². The first-order valence-electron chi connectivity index (χ1n) is 7.18. The Kier molecular flexibility index (Phi) is 3.30.